The van der Waals surface area contributed by atoms with Crippen LogP contribution >= 0.6 is 0 Å². The summed E-state index contributed by atoms with van der Waals surface area (Å²) in [7, 11) is 5.96. The van der Waals surface area contributed by atoms with Gasteiger partial charge in [0.1, 0.15) is 7.85 Å². The maximum absolute atomic E-state index is 6.10. The van der Waals surface area contributed by atoms with E-state index in [2.05, 4.69) is 80.3 Å². The van der Waals surface area contributed by atoms with E-state index in [0.717, 1.165) is 42.7 Å². The van der Waals surface area contributed by atoms with Crippen molar-refractivity contribution in [3.8, 4) is 0 Å². The Morgan fingerprint density at radius 3 is 2.00 bits per heavy atom. The van der Waals surface area contributed by atoms with Gasteiger partial charge in [0.2, 0.25) is 0 Å². The summed E-state index contributed by atoms with van der Waals surface area (Å²) in [4.78, 5) is 0. The van der Waals surface area contributed by atoms with Crippen molar-refractivity contribution in [3.63, 3.8) is 0 Å². The van der Waals surface area contributed by atoms with E-state index in [0.29, 0.717) is 6.61 Å². The van der Waals surface area contributed by atoms with Gasteiger partial charge in [0, 0.05) is 12.0 Å². The molecule has 0 aliphatic carbocycles. The fourth-order valence-electron chi connectivity index (χ4n) is 3.67. The molecule has 1 N–H and O–H groups in total. The number of rotatable bonds is 11. The minimum absolute atomic E-state index is 0.0584. The third-order valence-corrected chi connectivity index (χ3v) is 6.01. The van der Waals surface area contributed by atoms with Crippen LogP contribution in [0.4, 0.5) is 0 Å². The summed E-state index contributed by atoms with van der Waals surface area (Å²) in [6.07, 6.45) is 6.07. The Kier molecular flexibility index (Phi) is 13.5. The van der Waals surface area contributed by atoms with Crippen LogP contribution in [0.2, 0.25) is 0 Å². The second kappa shape index (κ2) is 14.0. The summed E-state index contributed by atoms with van der Waals surface area (Å²) in [5.74, 6) is 0.909. The smallest absolute Gasteiger partial charge is 0.114 e. The monoisotopic (exact) mass is 427 g/mol. The predicted octanol–water partition coefficient (Wildman–Crippen LogP) is 7.18. The molecule has 0 saturated carbocycles. The van der Waals surface area contributed by atoms with Crippen LogP contribution < -0.4 is 10.8 Å². The summed E-state index contributed by atoms with van der Waals surface area (Å²) in [5, 5.41) is 3.43. The number of ether oxygens (including phenoxy) is 1. The molecule has 2 nitrogen and oxygen atoms in total. The minimum Gasteiger partial charge on any atom is -0.498 e. The quantitative estimate of drug-likeness (QED) is 0.229. The van der Waals surface area contributed by atoms with E-state index in [1.807, 2.05) is 18.2 Å². The molecule has 0 aliphatic heterocycles. The van der Waals surface area contributed by atoms with Gasteiger partial charge in [0.05, 0.1) is 12.4 Å². The lowest BCUT2D eigenvalue weighted by Gasteiger charge is -2.46. The van der Waals surface area contributed by atoms with Crippen molar-refractivity contribution >= 4 is 13.3 Å². The molecule has 1 aromatic carbocycles. The predicted molar refractivity (Wildman–Crippen MR) is 140 cm³/mol. The highest BCUT2D eigenvalue weighted by molar-refractivity contribution is 6.33. The van der Waals surface area contributed by atoms with Gasteiger partial charge >= 0.3 is 0 Å². The maximum atomic E-state index is 6.10. The van der Waals surface area contributed by atoms with Crippen molar-refractivity contribution < 1.29 is 4.74 Å². The van der Waals surface area contributed by atoms with E-state index < -0.39 is 0 Å². The van der Waals surface area contributed by atoms with Crippen LogP contribution in [0.1, 0.15) is 100.0 Å². The van der Waals surface area contributed by atoms with Crippen LogP contribution in [0.5, 0.6) is 0 Å². The normalized spacial score (nSPS) is 13.7. The first-order valence-electron chi connectivity index (χ1n) is 12.1. The van der Waals surface area contributed by atoms with E-state index >= 15 is 0 Å². The molecule has 1 rings (SSSR count). The molecule has 0 fully saturated rings. The van der Waals surface area contributed by atoms with Gasteiger partial charge in [-0.05, 0) is 35.8 Å². The molecule has 176 valence electrons. The third-order valence-electron chi connectivity index (χ3n) is 6.01. The van der Waals surface area contributed by atoms with Crippen LogP contribution in [-0.2, 0) is 11.3 Å². The Labute approximate surface area is 196 Å². The number of hydrogen-bond donors (Lipinski definition) is 1. The highest BCUT2D eigenvalue weighted by atomic mass is 16.5. The van der Waals surface area contributed by atoms with Crippen LogP contribution in [0.3, 0.4) is 0 Å². The molecule has 2 radical (unpaired) electrons. The van der Waals surface area contributed by atoms with Gasteiger partial charge in [-0.15, -0.1) is 0 Å². The zero-order chi connectivity index (χ0) is 24.1. The Morgan fingerprint density at radius 2 is 1.55 bits per heavy atom. The van der Waals surface area contributed by atoms with Crippen molar-refractivity contribution in [2.75, 3.05) is 13.2 Å². The fraction of sp³-hybridized carbons (Fsp3) is 0.714. The summed E-state index contributed by atoms with van der Waals surface area (Å²) in [6, 6.07) is 7.97. The van der Waals surface area contributed by atoms with E-state index in [-0.39, 0.29) is 16.2 Å². The number of benzene rings is 1. The molecule has 0 heterocycles. The van der Waals surface area contributed by atoms with E-state index in [4.69, 9.17) is 12.6 Å². The molecular weight excluding hydrogens is 377 g/mol. The second-order valence-electron chi connectivity index (χ2n) is 11.2. The Hall–Kier alpha value is -1.22. The lowest BCUT2D eigenvalue weighted by atomic mass is 9.60. The molecule has 0 saturated heterocycles. The van der Waals surface area contributed by atoms with Crippen molar-refractivity contribution in [2.45, 2.75) is 101 Å². The van der Waals surface area contributed by atoms with Crippen molar-refractivity contribution in [3.05, 3.63) is 42.2 Å². The highest BCUT2D eigenvalue weighted by Gasteiger charge is 2.43. The first kappa shape index (κ1) is 29.8. The number of nitrogens with one attached hydrogen (secondary N) is 1. The Bertz CT molecular complexity index is 625. The molecule has 1 aromatic rings. The van der Waals surface area contributed by atoms with Crippen molar-refractivity contribution in [1.82, 2.24) is 5.32 Å². The van der Waals surface area contributed by atoms with Gasteiger partial charge in [-0.3, -0.25) is 0 Å². The summed E-state index contributed by atoms with van der Waals surface area (Å²) < 4.78 is 6.10. The fourth-order valence-corrected chi connectivity index (χ4v) is 3.67. The number of unbranched alkanes of at least 4 members (excludes halogenated alkanes) is 2. The molecule has 1 atom stereocenters. The van der Waals surface area contributed by atoms with E-state index in [1.165, 1.54) is 19.3 Å². The first-order chi connectivity index (χ1) is 14.3. The van der Waals surface area contributed by atoms with Crippen molar-refractivity contribution in [1.29, 1.82) is 0 Å². The van der Waals surface area contributed by atoms with Gasteiger partial charge in [-0.1, -0.05) is 118 Å². The molecule has 0 aliphatic rings. The average molecular weight is 428 g/mol. The van der Waals surface area contributed by atoms with Gasteiger partial charge in [0.25, 0.3) is 0 Å². The average Bonchev–Trinajstić information content (AvgIpc) is 2.64. The molecule has 3 heteroatoms. The third kappa shape index (κ3) is 11.8. The molecule has 0 bridgehead atoms. The topological polar surface area (TPSA) is 21.3 Å². The zero-order valence-corrected chi connectivity index (χ0v) is 22.2. The Balaban J connectivity index is 0.00000161. The van der Waals surface area contributed by atoms with Crippen molar-refractivity contribution in [2.24, 2.45) is 16.2 Å². The molecular formula is C28H50BNO. The van der Waals surface area contributed by atoms with Crippen LogP contribution in [0.15, 0.2) is 36.6 Å². The Morgan fingerprint density at radius 1 is 0.968 bits per heavy atom. The second-order valence-corrected chi connectivity index (χ2v) is 11.2. The lowest BCUT2D eigenvalue weighted by molar-refractivity contribution is 0.0208. The number of hydrogen-bond acceptors (Lipinski definition) is 2. The molecule has 31 heavy (non-hydrogen) atoms. The van der Waals surface area contributed by atoms with Crippen LogP contribution in [0, 0.1) is 16.2 Å². The molecule has 1 unspecified atom stereocenters. The summed E-state index contributed by atoms with van der Waals surface area (Å²) in [6.45, 7) is 27.1. The minimum atomic E-state index is -0.0584. The molecule has 0 amide bonds. The van der Waals surface area contributed by atoms with E-state index in [9.17, 15) is 0 Å². The van der Waals surface area contributed by atoms with Gasteiger partial charge in [0.15, 0.2) is 0 Å². The highest BCUT2D eigenvalue weighted by Crippen LogP contribution is 2.51. The van der Waals surface area contributed by atoms with Gasteiger partial charge in [-0.25, -0.2) is 0 Å². The number of allylic oxidation sites excluding steroid dienone is 1. The summed E-state index contributed by atoms with van der Waals surface area (Å²) in [5.41, 5.74) is 2.25. The SMILES string of the molecule is CCCCC.[B]c1ccccc1CNCCCOC(=C)C(C)(CC(C)(C)C)C(C)(C)C. The van der Waals surface area contributed by atoms with E-state index in [1.54, 1.807) is 0 Å². The maximum Gasteiger partial charge on any atom is 0.114 e. The van der Waals surface area contributed by atoms with Crippen LogP contribution in [-0.4, -0.2) is 21.0 Å². The first-order valence-corrected chi connectivity index (χ1v) is 12.1. The summed E-state index contributed by atoms with van der Waals surface area (Å²) >= 11 is 0. The van der Waals surface area contributed by atoms with Gasteiger partial charge < -0.3 is 10.1 Å². The lowest BCUT2D eigenvalue weighted by Crippen LogP contribution is -2.39. The zero-order valence-electron chi connectivity index (χ0n) is 22.2. The largest absolute Gasteiger partial charge is 0.498 e. The van der Waals surface area contributed by atoms with Gasteiger partial charge in [-0.2, -0.15) is 0 Å². The van der Waals surface area contributed by atoms with Crippen LogP contribution in [0.25, 0.3) is 0 Å². The molecule has 0 aromatic heterocycles. The standard InChI is InChI=1S/C23H38BNO.C5H12/c1-18(23(8,22(5,6)7)17-21(2,3)4)26-15-11-14-25-16-19-12-9-10-13-20(19)24;1-3-5-4-2/h9-10,12-13,25H,1,11,14-17H2,2-8H3;3-5H2,1-2H3. The molecule has 0 spiro atoms.